The average Bonchev–Trinajstić information content (AvgIpc) is 2.52. The van der Waals surface area contributed by atoms with Gasteiger partial charge in [-0.15, -0.1) is 11.8 Å². The molecule has 6 heteroatoms. The van der Waals surface area contributed by atoms with Gasteiger partial charge in [-0.05, 0) is 6.92 Å². The lowest BCUT2D eigenvalue weighted by molar-refractivity contribution is -0.179. The Hall–Kier alpha value is -0.750. The van der Waals surface area contributed by atoms with E-state index in [0.29, 0.717) is 12.4 Å². The molecule has 1 heterocycles. The first-order valence-electron chi connectivity index (χ1n) is 4.24. The Labute approximate surface area is 86.1 Å². The molecule has 1 aliphatic rings. The van der Waals surface area contributed by atoms with E-state index in [4.69, 9.17) is 14.2 Å². The normalized spacial score (nSPS) is 25.9. The van der Waals surface area contributed by atoms with Crippen molar-refractivity contribution in [1.82, 2.24) is 0 Å². The zero-order valence-corrected chi connectivity index (χ0v) is 8.83. The molecule has 80 valence electrons. The van der Waals surface area contributed by atoms with Gasteiger partial charge in [0.1, 0.15) is 0 Å². The van der Waals surface area contributed by atoms with Crippen molar-refractivity contribution in [2.45, 2.75) is 25.6 Å². The van der Waals surface area contributed by atoms with Crippen molar-refractivity contribution in [2.24, 2.45) is 0 Å². The highest BCUT2D eigenvalue weighted by Gasteiger charge is 2.34. The highest BCUT2D eigenvalue weighted by Crippen LogP contribution is 2.26. The van der Waals surface area contributed by atoms with E-state index < -0.39 is 23.7 Å². The Bertz CT molecular complexity index is 230. The Morgan fingerprint density at radius 1 is 1.57 bits per heavy atom. The van der Waals surface area contributed by atoms with Gasteiger partial charge in [-0.2, -0.15) is 0 Å². The van der Waals surface area contributed by atoms with Gasteiger partial charge in [0.25, 0.3) is 0 Å². The molecule has 0 spiro atoms. The summed E-state index contributed by atoms with van der Waals surface area (Å²) in [5.41, 5.74) is -0.667. The lowest BCUT2D eigenvalue weighted by Crippen LogP contribution is -2.24. The van der Waals surface area contributed by atoms with E-state index >= 15 is 0 Å². The molecule has 2 atom stereocenters. The number of esters is 2. The largest absolute Gasteiger partial charge is 0.463 e. The Kier molecular flexibility index (Phi) is 4.21. The van der Waals surface area contributed by atoms with Crippen molar-refractivity contribution in [1.29, 1.82) is 0 Å². The summed E-state index contributed by atoms with van der Waals surface area (Å²) in [7, 11) is 0. The number of carbonyl (C=O) groups is 2. The monoisotopic (exact) mass is 220 g/mol. The van der Waals surface area contributed by atoms with Crippen LogP contribution in [0, 0.1) is 0 Å². The molecule has 5 nitrogen and oxygen atoms in total. The standard InChI is InChI=1S/C8H12O5S/c1-3-11-7(10)8-13-6(4-14-8)12-5(2)9/h6,8H,3-4H2,1-2H3/t6-,8+/m1/s1. The Balaban J connectivity index is 2.33. The van der Waals surface area contributed by atoms with Crippen LogP contribution < -0.4 is 0 Å². The van der Waals surface area contributed by atoms with Crippen LogP contribution in [0.4, 0.5) is 0 Å². The molecule has 1 saturated heterocycles. The topological polar surface area (TPSA) is 61.8 Å². The molecule has 1 aliphatic heterocycles. The second-order valence-corrected chi connectivity index (χ2v) is 3.69. The van der Waals surface area contributed by atoms with E-state index in [1.807, 2.05) is 0 Å². The predicted octanol–water partition coefficient (Wildman–Crippen LogP) is 0.528. The van der Waals surface area contributed by atoms with Crippen LogP contribution in [0.2, 0.25) is 0 Å². The SMILES string of the molecule is CCOC(=O)[C@H]1O[C@@H](OC(C)=O)CS1. The van der Waals surface area contributed by atoms with Gasteiger partial charge in [0.05, 0.1) is 12.4 Å². The third-order valence-electron chi connectivity index (χ3n) is 1.44. The van der Waals surface area contributed by atoms with Crippen molar-refractivity contribution in [3.05, 3.63) is 0 Å². The minimum absolute atomic E-state index is 0.317. The molecule has 0 aromatic rings. The summed E-state index contributed by atoms with van der Waals surface area (Å²) < 4.78 is 14.7. The Morgan fingerprint density at radius 2 is 2.29 bits per heavy atom. The lowest BCUT2D eigenvalue weighted by Gasteiger charge is -2.10. The molecule has 0 aromatic carbocycles. The van der Waals surface area contributed by atoms with E-state index in [-0.39, 0.29) is 0 Å². The molecular weight excluding hydrogens is 208 g/mol. The zero-order valence-electron chi connectivity index (χ0n) is 8.02. The summed E-state index contributed by atoms with van der Waals surface area (Å²) in [6.45, 7) is 3.34. The number of hydrogen-bond donors (Lipinski definition) is 0. The molecule has 0 saturated carbocycles. The molecule has 0 radical (unpaired) electrons. The second-order valence-electron chi connectivity index (χ2n) is 2.59. The lowest BCUT2D eigenvalue weighted by atomic mass is 10.6. The van der Waals surface area contributed by atoms with Crippen LogP contribution in [0.15, 0.2) is 0 Å². The highest BCUT2D eigenvalue weighted by atomic mass is 32.2. The maximum atomic E-state index is 11.2. The van der Waals surface area contributed by atoms with Crippen LogP contribution in [0.3, 0.4) is 0 Å². The third-order valence-corrected chi connectivity index (χ3v) is 2.51. The van der Waals surface area contributed by atoms with E-state index in [0.717, 1.165) is 0 Å². The molecule has 14 heavy (non-hydrogen) atoms. The first-order valence-corrected chi connectivity index (χ1v) is 5.29. The highest BCUT2D eigenvalue weighted by molar-refractivity contribution is 8.00. The van der Waals surface area contributed by atoms with Crippen LogP contribution in [0.25, 0.3) is 0 Å². The molecule has 0 bridgehead atoms. The quantitative estimate of drug-likeness (QED) is 0.646. The number of thioether (sulfide) groups is 1. The summed E-state index contributed by atoms with van der Waals surface area (Å²) in [6.07, 6.45) is -0.632. The van der Waals surface area contributed by atoms with E-state index in [1.54, 1.807) is 6.92 Å². The smallest absolute Gasteiger partial charge is 0.345 e. The van der Waals surface area contributed by atoms with Crippen LogP contribution in [0.5, 0.6) is 0 Å². The van der Waals surface area contributed by atoms with Gasteiger partial charge in [0, 0.05) is 6.92 Å². The maximum absolute atomic E-state index is 11.2. The van der Waals surface area contributed by atoms with Gasteiger partial charge in [0.15, 0.2) is 0 Å². The maximum Gasteiger partial charge on any atom is 0.345 e. The summed E-state index contributed by atoms with van der Waals surface area (Å²) in [6, 6.07) is 0. The van der Waals surface area contributed by atoms with Gasteiger partial charge in [-0.3, -0.25) is 4.79 Å². The molecule has 1 fully saturated rings. The fraction of sp³-hybridized carbons (Fsp3) is 0.750. The van der Waals surface area contributed by atoms with Crippen LogP contribution >= 0.6 is 11.8 Å². The van der Waals surface area contributed by atoms with Crippen molar-refractivity contribution >= 4 is 23.7 Å². The predicted molar refractivity (Wildman–Crippen MR) is 49.5 cm³/mol. The van der Waals surface area contributed by atoms with E-state index in [2.05, 4.69) is 0 Å². The van der Waals surface area contributed by atoms with Gasteiger partial charge in [-0.1, -0.05) is 0 Å². The second kappa shape index (κ2) is 5.21. The van der Waals surface area contributed by atoms with Gasteiger partial charge in [-0.25, -0.2) is 4.79 Å². The van der Waals surface area contributed by atoms with Crippen molar-refractivity contribution < 1.29 is 23.8 Å². The summed E-state index contributed by atoms with van der Waals surface area (Å²) in [4.78, 5) is 21.7. The van der Waals surface area contributed by atoms with E-state index in [9.17, 15) is 9.59 Å². The van der Waals surface area contributed by atoms with Gasteiger partial charge in [0.2, 0.25) is 11.7 Å². The minimum atomic E-state index is -0.667. The summed E-state index contributed by atoms with van der Waals surface area (Å²) >= 11 is 1.27. The van der Waals surface area contributed by atoms with Crippen LogP contribution in [-0.4, -0.2) is 36.0 Å². The molecule has 0 amide bonds. The molecule has 0 N–H and O–H groups in total. The molecule has 0 aliphatic carbocycles. The van der Waals surface area contributed by atoms with Crippen molar-refractivity contribution in [3.8, 4) is 0 Å². The van der Waals surface area contributed by atoms with Crippen molar-refractivity contribution in [3.63, 3.8) is 0 Å². The number of ether oxygens (including phenoxy) is 3. The summed E-state index contributed by atoms with van der Waals surface area (Å²) in [5.74, 6) is -0.379. The number of rotatable bonds is 3. The van der Waals surface area contributed by atoms with Gasteiger partial charge < -0.3 is 14.2 Å². The number of hydrogen-bond acceptors (Lipinski definition) is 6. The fourth-order valence-electron chi connectivity index (χ4n) is 0.963. The molecular formula is C8H12O5S. The fourth-order valence-corrected chi connectivity index (χ4v) is 1.85. The third kappa shape index (κ3) is 3.19. The van der Waals surface area contributed by atoms with Crippen LogP contribution in [0.1, 0.15) is 13.8 Å². The zero-order chi connectivity index (χ0) is 10.6. The van der Waals surface area contributed by atoms with Gasteiger partial charge >= 0.3 is 11.9 Å². The minimum Gasteiger partial charge on any atom is -0.463 e. The molecule has 0 unspecified atom stereocenters. The molecule has 0 aromatic heterocycles. The van der Waals surface area contributed by atoms with E-state index in [1.165, 1.54) is 18.7 Å². The number of carbonyl (C=O) groups excluding carboxylic acids is 2. The van der Waals surface area contributed by atoms with Crippen molar-refractivity contribution in [2.75, 3.05) is 12.4 Å². The first kappa shape index (κ1) is 11.3. The molecule has 1 rings (SSSR count). The Morgan fingerprint density at radius 3 is 2.86 bits per heavy atom. The summed E-state index contributed by atoms with van der Waals surface area (Å²) in [5, 5.41) is 0. The average molecular weight is 220 g/mol. The first-order chi connectivity index (χ1) is 6.63. The van der Waals surface area contributed by atoms with Crippen LogP contribution in [-0.2, 0) is 23.8 Å².